The molecule has 3 heterocycles. The highest BCUT2D eigenvalue weighted by molar-refractivity contribution is 6.05. The minimum atomic E-state index is -0.132. The number of nitrogens with one attached hydrogen (secondary N) is 1. The summed E-state index contributed by atoms with van der Waals surface area (Å²) >= 11 is 0. The van der Waals surface area contributed by atoms with Crippen molar-refractivity contribution in [1.29, 1.82) is 0 Å². The second-order valence-electron chi connectivity index (χ2n) is 5.85. The van der Waals surface area contributed by atoms with Crippen LogP contribution in [0.4, 0.5) is 0 Å². The molecule has 1 N–H and O–H groups in total. The summed E-state index contributed by atoms with van der Waals surface area (Å²) in [5.41, 5.74) is 2.36. The van der Waals surface area contributed by atoms with Crippen molar-refractivity contribution in [3.05, 3.63) is 41.5 Å². The van der Waals surface area contributed by atoms with E-state index < -0.39 is 0 Å². The van der Waals surface area contributed by atoms with E-state index in [1.54, 1.807) is 12.3 Å². The maximum Gasteiger partial charge on any atom is 0.258 e. The quantitative estimate of drug-likeness (QED) is 0.752. The lowest BCUT2D eigenvalue weighted by atomic mass is 10.1. The third-order valence-corrected chi connectivity index (χ3v) is 4.12. The van der Waals surface area contributed by atoms with Crippen molar-refractivity contribution in [2.45, 2.75) is 39.7 Å². The van der Waals surface area contributed by atoms with E-state index in [0.29, 0.717) is 28.9 Å². The molecule has 0 aromatic carbocycles. The number of hydrogen-bond donors (Lipinski definition) is 1. The fraction of sp³-hybridized carbons (Fsp3) is 0.412. The van der Waals surface area contributed by atoms with E-state index in [0.717, 1.165) is 18.5 Å². The third-order valence-electron chi connectivity index (χ3n) is 4.12. The molecule has 1 atom stereocenters. The monoisotopic (exact) mass is 327 g/mol. The van der Waals surface area contributed by atoms with Gasteiger partial charge in [-0.1, -0.05) is 12.1 Å². The zero-order valence-electron chi connectivity index (χ0n) is 14.1. The summed E-state index contributed by atoms with van der Waals surface area (Å²) in [5.74, 6) is -0.132. The number of aryl methyl sites for hydroxylation is 2. The van der Waals surface area contributed by atoms with Gasteiger partial charge in [-0.3, -0.25) is 9.48 Å². The predicted octanol–water partition coefficient (Wildman–Crippen LogP) is 2.81. The van der Waals surface area contributed by atoms with Crippen LogP contribution in [0.5, 0.6) is 0 Å². The van der Waals surface area contributed by atoms with Gasteiger partial charge in [0, 0.05) is 24.6 Å². The smallest absolute Gasteiger partial charge is 0.258 e. The van der Waals surface area contributed by atoms with Gasteiger partial charge in [0.15, 0.2) is 0 Å². The minimum absolute atomic E-state index is 0.132. The van der Waals surface area contributed by atoms with E-state index in [-0.39, 0.29) is 11.9 Å². The van der Waals surface area contributed by atoms with Crippen molar-refractivity contribution in [2.24, 2.45) is 0 Å². The van der Waals surface area contributed by atoms with Crippen LogP contribution in [0.2, 0.25) is 0 Å². The van der Waals surface area contributed by atoms with E-state index in [4.69, 9.17) is 4.52 Å². The normalized spacial score (nSPS) is 12.5. The van der Waals surface area contributed by atoms with Crippen molar-refractivity contribution in [3.8, 4) is 0 Å². The van der Waals surface area contributed by atoms with Crippen molar-refractivity contribution >= 4 is 17.0 Å². The maximum atomic E-state index is 12.6. The van der Waals surface area contributed by atoms with Crippen molar-refractivity contribution < 1.29 is 9.32 Å². The zero-order valence-corrected chi connectivity index (χ0v) is 14.1. The van der Waals surface area contributed by atoms with Crippen LogP contribution in [0.1, 0.15) is 47.6 Å². The second kappa shape index (κ2) is 6.82. The Morgan fingerprint density at radius 3 is 2.96 bits per heavy atom. The molecule has 3 aromatic rings. The van der Waals surface area contributed by atoms with Crippen LogP contribution < -0.4 is 5.32 Å². The topological polar surface area (TPSA) is 85.8 Å². The Labute approximate surface area is 140 Å². The van der Waals surface area contributed by atoms with Gasteiger partial charge in [-0.05, 0) is 38.8 Å². The molecule has 1 amide bonds. The van der Waals surface area contributed by atoms with E-state index in [2.05, 4.69) is 27.5 Å². The molecule has 0 aliphatic carbocycles. The van der Waals surface area contributed by atoms with Crippen LogP contribution in [0.25, 0.3) is 11.1 Å². The Morgan fingerprint density at radius 1 is 1.42 bits per heavy atom. The Balaban J connectivity index is 1.70. The van der Waals surface area contributed by atoms with Gasteiger partial charge in [0.2, 0.25) is 0 Å². The molecule has 0 aliphatic heterocycles. The molecule has 0 saturated carbocycles. The molecule has 126 valence electrons. The molecule has 7 heteroatoms. The lowest BCUT2D eigenvalue weighted by Gasteiger charge is -2.16. The lowest BCUT2D eigenvalue weighted by molar-refractivity contribution is 0.0952. The van der Waals surface area contributed by atoms with Crippen LogP contribution >= 0.6 is 0 Å². The number of fused-ring (bicyclic) bond motifs is 1. The number of carbonyl (C=O) groups is 1. The molecule has 0 fully saturated rings. The van der Waals surface area contributed by atoms with Gasteiger partial charge in [0.05, 0.1) is 22.7 Å². The van der Waals surface area contributed by atoms with E-state index in [9.17, 15) is 4.79 Å². The third kappa shape index (κ3) is 3.15. The molecule has 0 saturated heterocycles. The molecule has 0 radical (unpaired) electrons. The highest BCUT2D eigenvalue weighted by atomic mass is 16.5. The van der Waals surface area contributed by atoms with Crippen LogP contribution in [-0.2, 0) is 0 Å². The van der Waals surface area contributed by atoms with Crippen LogP contribution in [-0.4, -0.2) is 32.4 Å². The molecule has 0 spiro atoms. The lowest BCUT2D eigenvalue weighted by Crippen LogP contribution is -2.27. The molecule has 24 heavy (non-hydrogen) atoms. The molecule has 0 unspecified atom stereocenters. The summed E-state index contributed by atoms with van der Waals surface area (Å²) in [7, 11) is 0. The fourth-order valence-electron chi connectivity index (χ4n) is 2.86. The number of nitrogens with zero attached hydrogens (tertiary/aromatic N) is 4. The number of aromatic nitrogens is 4. The average molecular weight is 327 g/mol. The predicted molar refractivity (Wildman–Crippen MR) is 89.8 cm³/mol. The van der Waals surface area contributed by atoms with Crippen LogP contribution in [0, 0.1) is 13.8 Å². The number of pyridine rings is 1. The Bertz CT molecular complexity index is 838. The first-order valence-electron chi connectivity index (χ1n) is 8.11. The standard InChI is InChI=1S/C17H21N5O2/c1-4-13(22-9-5-7-19-22)6-8-18-16(23)14-10-11(2)20-17-15(14)12(3)21-24-17/h5,7,9-10,13H,4,6,8H2,1-3H3,(H,18,23)/t13-/m1/s1. The van der Waals surface area contributed by atoms with Crippen LogP contribution in [0.3, 0.4) is 0 Å². The zero-order chi connectivity index (χ0) is 17.1. The van der Waals surface area contributed by atoms with Crippen LogP contribution in [0.15, 0.2) is 29.0 Å². The van der Waals surface area contributed by atoms with Gasteiger partial charge in [0.1, 0.15) is 0 Å². The molecule has 0 aliphatic rings. The number of hydrogen-bond acceptors (Lipinski definition) is 5. The SMILES string of the molecule is CC[C@H](CCNC(=O)c1cc(C)nc2onc(C)c12)n1cccn1. The Morgan fingerprint density at radius 2 is 2.25 bits per heavy atom. The van der Waals surface area contributed by atoms with Crippen molar-refractivity contribution in [2.75, 3.05) is 6.54 Å². The van der Waals surface area contributed by atoms with E-state index in [1.807, 2.05) is 30.8 Å². The minimum Gasteiger partial charge on any atom is -0.352 e. The molecular weight excluding hydrogens is 306 g/mol. The molecule has 0 bridgehead atoms. The summed E-state index contributed by atoms with van der Waals surface area (Å²) in [6, 6.07) is 3.95. The van der Waals surface area contributed by atoms with Crippen molar-refractivity contribution in [3.63, 3.8) is 0 Å². The second-order valence-corrected chi connectivity index (χ2v) is 5.85. The van der Waals surface area contributed by atoms with Gasteiger partial charge >= 0.3 is 0 Å². The maximum absolute atomic E-state index is 12.6. The van der Waals surface area contributed by atoms with Gasteiger partial charge in [-0.25, -0.2) is 4.98 Å². The molecule has 7 nitrogen and oxygen atoms in total. The number of rotatable bonds is 6. The van der Waals surface area contributed by atoms with Gasteiger partial charge in [0.25, 0.3) is 11.6 Å². The number of amides is 1. The Hall–Kier alpha value is -2.70. The first-order valence-corrected chi connectivity index (χ1v) is 8.11. The summed E-state index contributed by atoms with van der Waals surface area (Å²) in [5, 5.41) is 11.8. The van der Waals surface area contributed by atoms with E-state index in [1.165, 1.54) is 0 Å². The Kier molecular flexibility index (Phi) is 4.59. The number of carbonyl (C=O) groups excluding carboxylic acids is 1. The van der Waals surface area contributed by atoms with E-state index >= 15 is 0 Å². The first-order chi connectivity index (χ1) is 11.6. The summed E-state index contributed by atoms with van der Waals surface area (Å²) in [6.45, 7) is 6.33. The molecule has 3 rings (SSSR count). The van der Waals surface area contributed by atoms with Crippen molar-refractivity contribution in [1.82, 2.24) is 25.2 Å². The average Bonchev–Trinajstić information content (AvgIpc) is 3.21. The largest absolute Gasteiger partial charge is 0.352 e. The molecular formula is C17H21N5O2. The summed E-state index contributed by atoms with van der Waals surface area (Å²) < 4.78 is 7.11. The first kappa shape index (κ1) is 16.2. The summed E-state index contributed by atoms with van der Waals surface area (Å²) in [4.78, 5) is 16.9. The summed E-state index contributed by atoms with van der Waals surface area (Å²) in [6.07, 6.45) is 5.50. The van der Waals surface area contributed by atoms with Gasteiger partial charge < -0.3 is 9.84 Å². The highest BCUT2D eigenvalue weighted by Crippen LogP contribution is 2.22. The van der Waals surface area contributed by atoms with Gasteiger partial charge in [-0.15, -0.1) is 0 Å². The fourth-order valence-corrected chi connectivity index (χ4v) is 2.86. The van der Waals surface area contributed by atoms with Gasteiger partial charge in [-0.2, -0.15) is 5.10 Å². The molecule has 3 aromatic heterocycles. The highest BCUT2D eigenvalue weighted by Gasteiger charge is 2.18.